The number of fused-ring (bicyclic) bond motifs is 1. The van der Waals surface area contributed by atoms with Crippen molar-refractivity contribution < 1.29 is 19.1 Å². The standard InChI is InChI=1S/C24H21ClN2O4/c1-24(2,3)15-9-14(10-16(25)11-15)23(29)27-17-5-4-6-18(12-17)30-20-7-8-26-19-13-21(28)31-22(19)20/h4-12H,13H2,1-3H3,(H,27,29). The summed E-state index contributed by atoms with van der Waals surface area (Å²) < 4.78 is 11.1. The van der Waals surface area contributed by atoms with E-state index < -0.39 is 0 Å². The van der Waals surface area contributed by atoms with Crippen LogP contribution in [0.5, 0.6) is 17.2 Å². The van der Waals surface area contributed by atoms with E-state index in [1.807, 2.05) is 12.1 Å². The van der Waals surface area contributed by atoms with Crippen LogP contribution in [0.25, 0.3) is 0 Å². The summed E-state index contributed by atoms with van der Waals surface area (Å²) in [6.45, 7) is 6.19. The Labute approximate surface area is 185 Å². The Bertz CT molecular complexity index is 1180. The van der Waals surface area contributed by atoms with E-state index in [-0.39, 0.29) is 23.7 Å². The smallest absolute Gasteiger partial charge is 0.317 e. The number of amides is 1. The van der Waals surface area contributed by atoms with Gasteiger partial charge in [-0.15, -0.1) is 0 Å². The first-order valence-electron chi connectivity index (χ1n) is 9.78. The molecule has 31 heavy (non-hydrogen) atoms. The lowest BCUT2D eigenvalue weighted by molar-refractivity contribution is -0.131. The molecular formula is C24H21ClN2O4. The number of anilines is 1. The minimum atomic E-state index is -0.365. The van der Waals surface area contributed by atoms with Crippen LogP contribution in [0.3, 0.4) is 0 Å². The number of carbonyl (C=O) groups excluding carboxylic acids is 2. The Balaban J connectivity index is 1.54. The molecule has 6 nitrogen and oxygen atoms in total. The molecule has 0 radical (unpaired) electrons. The minimum absolute atomic E-state index is 0.124. The molecule has 0 unspecified atom stereocenters. The summed E-state index contributed by atoms with van der Waals surface area (Å²) in [4.78, 5) is 28.5. The summed E-state index contributed by atoms with van der Waals surface area (Å²) >= 11 is 6.23. The molecule has 2 heterocycles. The van der Waals surface area contributed by atoms with Gasteiger partial charge in [0, 0.05) is 34.6 Å². The van der Waals surface area contributed by atoms with E-state index in [0.29, 0.717) is 39.2 Å². The number of esters is 1. The third-order valence-electron chi connectivity index (χ3n) is 4.82. The number of carbonyl (C=O) groups is 2. The van der Waals surface area contributed by atoms with Gasteiger partial charge in [0.05, 0.1) is 12.1 Å². The fourth-order valence-electron chi connectivity index (χ4n) is 3.19. The highest BCUT2D eigenvalue weighted by atomic mass is 35.5. The largest absolute Gasteiger partial charge is 0.453 e. The molecule has 4 rings (SSSR count). The molecule has 1 amide bonds. The maximum absolute atomic E-state index is 12.8. The third kappa shape index (κ3) is 4.70. The van der Waals surface area contributed by atoms with Crippen LogP contribution in [0.1, 0.15) is 42.4 Å². The molecule has 0 saturated heterocycles. The molecule has 0 aliphatic carbocycles. The van der Waals surface area contributed by atoms with Crippen LogP contribution in [0.2, 0.25) is 5.02 Å². The van der Waals surface area contributed by atoms with Gasteiger partial charge >= 0.3 is 5.97 Å². The van der Waals surface area contributed by atoms with Crippen LogP contribution in [0, 0.1) is 0 Å². The molecule has 1 aliphatic rings. The van der Waals surface area contributed by atoms with Crippen LogP contribution < -0.4 is 14.8 Å². The molecule has 0 saturated carbocycles. The summed E-state index contributed by atoms with van der Waals surface area (Å²) in [5, 5.41) is 3.38. The molecule has 2 aromatic carbocycles. The van der Waals surface area contributed by atoms with E-state index in [2.05, 4.69) is 31.1 Å². The average Bonchev–Trinajstić information content (AvgIpc) is 3.08. The first-order valence-corrected chi connectivity index (χ1v) is 10.2. The van der Waals surface area contributed by atoms with Crippen LogP contribution in [-0.2, 0) is 16.6 Å². The van der Waals surface area contributed by atoms with Crippen molar-refractivity contribution in [2.75, 3.05) is 5.32 Å². The minimum Gasteiger partial charge on any atom is -0.453 e. The van der Waals surface area contributed by atoms with Gasteiger partial charge < -0.3 is 14.8 Å². The van der Waals surface area contributed by atoms with Gasteiger partial charge in [-0.05, 0) is 41.3 Å². The molecule has 0 bridgehead atoms. The fraction of sp³-hybridized carbons (Fsp3) is 0.208. The van der Waals surface area contributed by atoms with Gasteiger partial charge in [-0.2, -0.15) is 0 Å². The number of halogens is 1. The van der Waals surface area contributed by atoms with Gasteiger partial charge in [0.2, 0.25) is 0 Å². The van der Waals surface area contributed by atoms with E-state index in [0.717, 1.165) is 5.56 Å². The molecule has 0 fully saturated rings. The lowest BCUT2D eigenvalue weighted by Gasteiger charge is -2.20. The van der Waals surface area contributed by atoms with Crippen LogP contribution >= 0.6 is 11.6 Å². The van der Waals surface area contributed by atoms with Gasteiger partial charge in [0.1, 0.15) is 5.75 Å². The molecule has 0 atom stereocenters. The monoisotopic (exact) mass is 436 g/mol. The Hall–Kier alpha value is -3.38. The lowest BCUT2D eigenvalue weighted by Crippen LogP contribution is -2.16. The van der Waals surface area contributed by atoms with Crippen LogP contribution in [-0.4, -0.2) is 16.9 Å². The second-order valence-corrected chi connectivity index (χ2v) is 8.73. The van der Waals surface area contributed by atoms with Crippen LogP contribution in [0.15, 0.2) is 54.7 Å². The molecule has 0 spiro atoms. The Morgan fingerprint density at radius 1 is 1.16 bits per heavy atom. The van der Waals surface area contributed by atoms with E-state index in [1.165, 1.54) is 0 Å². The quantitative estimate of drug-likeness (QED) is 0.543. The summed E-state index contributed by atoms with van der Waals surface area (Å²) in [5.74, 6) is 0.565. The second-order valence-electron chi connectivity index (χ2n) is 8.30. The molecule has 158 valence electrons. The Kier molecular flexibility index (Phi) is 5.41. The second kappa shape index (κ2) is 8.04. The number of nitrogens with one attached hydrogen (secondary N) is 1. The maximum Gasteiger partial charge on any atom is 0.317 e. The van der Waals surface area contributed by atoms with Gasteiger partial charge in [-0.3, -0.25) is 14.6 Å². The number of hydrogen-bond acceptors (Lipinski definition) is 5. The summed E-state index contributed by atoms with van der Waals surface area (Å²) in [5.41, 5.74) is 2.41. The SMILES string of the molecule is CC(C)(C)c1cc(Cl)cc(C(=O)Nc2cccc(Oc3ccnc4c3OC(=O)C4)c2)c1. The third-order valence-corrected chi connectivity index (χ3v) is 5.03. The number of aromatic nitrogens is 1. The number of ether oxygens (including phenoxy) is 2. The zero-order valence-electron chi connectivity index (χ0n) is 17.4. The Morgan fingerprint density at radius 3 is 2.74 bits per heavy atom. The van der Waals surface area contributed by atoms with E-state index >= 15 is 0 Å². The van der Waals surface area contributed by atoms with Gasteiger partial charge in [-0.25, -0.2) is 0 Å². The number of pyridine rings is 1. The summed E-state index contributed by atoms with van der Waals surface area (Å²) in [6.07, 6.45) is 1.69. The van der Waals surface area contributed by atoms with Crippen molar-refractivity contribution in [3.8, 4) is 17.2 Å². The van der Waals surface area contributed by atoms with E-state index in [1.54, 1.807) is 42.6 Å². The fourth-order valence-corrected chi connectivity index (χ4v) is 3.43. The first-order chi connectivity index (χ1) is 14.7. The van der Waals surface area contributed by atoms with E-state index in [4.69, 9.17) is 21.1 Å². The summed E-state index contributed by atoms with van der Waals surface area (Å²) in [6, 6.07) is 13.9. The van der Waals surface area contributed by atoms with Gasteiger partial charge in [0.25, 0.3) is 5.91 Å². The lowest BCUT2D eigenvalue weighted by atomic mass is 9.86. The molecule has 3 aromatic rings. The maximum atomic E-state index is 12.8. The highest BCUT2D eigenvalue weighted by Crippen LogP contribution is 2.37. The van der Waals surface area contributed by atoms with Crippen molar-refractivity contribution in [1.29, 1.82) is 0 Å². The zero-order valence-corrected chi connectivity index (χ0v) is 18.1. The number of nitrogens with zero attached hydrogens (tertiary/aromatic N) is 1. The Morgan fingerprint density at radius 2 is 1.97 bits per heavy atom. The van der Waals surface area contributed by atoms with Crippen molar-refractivity contribution in [3.63, 3.8) is 0 Å². The van der Waals surface area contributed by atoms with Crippen molar-refractivity contribution in [2.45, 2.75) is 32.6 Å². The van der Waals surface area contributed by atoms with Crippen molar-refractivity contribution in [2.24, 2.45) is 0 Å². The molecule has 1 aliphatic heterocycles. The van der Waals surface area contributed by atoms with Gasteiger partial charge in [-0.1, -0.05) is 38.4 Å². The molecular weight excluding hydrogens is 416 g/mol. The first kappa shape index (κ1) is 20.9. The zero-order chi connectivity index (χ0) is 22.2. The molecule has 1 aromatic heterocycles. The average molecular weight is 437 g/mol. The van der Waals surface area contributed by atoms with Crippen molar-refractivity contribution in [1.82, 2.24) is 4.98 Å². The highest BCUT2D eigenvalue weighted by Gasteiger charge is 2.26. The predicted molar refractivity (Wildman–Crippen MR) is 118 cm³/mol. The topological polar surface area (TPSA) is 77.5 Å². The van der Waals surface area contributed by atoms with Crippen LogP contribution in [0.4, 0.5) is 5.69 Å². The van der Waals surface area contributed by atoms with Crippen molar-refractivity contribution >= 4 is 29.2 Å². The number of rotatable bonds is 4. The molecule has 1 N–H and O–H groups in total. The predicted octanol–water partition coefficient (Wildman–Crippen LogP) is 5.54. The summed E-state index contributed by atoms with van der Waals surface area (Å²) in [7, 11) is 0. The number of benzene rings is 2. The normalized spacial score (nSPS) is 12.8. The highest BCUT2D eigenvalue weighted by molar-refractivity contribution is 6.31. The van der Waals surface area contributed by atoms with Crippen molar-refractivity contribution in [3.05, 3.63) is 76.6 Å². The van der Waals surface area contributed by atoms with E-state index in [9.17, 15) is 9.59 Å². The van der Waals surface area contributed by atoms with Gasteiger partial charge in [0.15, 0.2) is 11.5 Å². The molecule has 7 heteroatoms. The number of hydrogen-bond donors (Lipinski definition) is 1.